The number of hydrogen-bond acceptors (Lipinski definition) is 5. The van der Waals surface area contributed by atoms with Gasteiger partial charge in [0, 0.05) is 26.6 Å². The summed E-state index contributed by atoms with van der Waals surface area (Å²) in [5.41, 5.74) is 5.42. The maximum atomic E-state index is 11.9. The van der Waals surface area contributed by atoms with Gasteiger partial charge in [0.2, 0.25) is 5.91 Å². The predicted octanol–water partition coefficient (Wildman–Crippen LogP) is -0.179. The SMILES string of the molecule is COC(=O)C1CCCN1CCC(=O)N(C)CCCN. The third-order valence-electron chi connectivity index (χ3n) is 3.57. The Labute approximate surface area is 114 Å². The summed E-state index contributed by atoms with van der Waals surface area (Å²) >= 11 is 0. The number of nitrogens with zero attached hydrogens (tertiary/aromatic N) is 2. The van der Waals surface area contributed by atoms with E-state index in [0.29, 0.717) is 26.1 Å². The first-order valence-corrected chi connectivity index (χ1v) is 6.86. The quantitative estimate of drug-likeness (QED) is 0.650. The zero-order chi connectivity index (χ0) is 14.3. The maximum absolute atomic E-state index is 11.9. The first-order valence-electron chi connectivity index (χ1n) is 6.86. The molecule has 1 aliphatic heterocycles. The van der Waals surface area contributed by atoms with E-state index in [1.807, 2.05) is 4.90 Å². The molecule has 0 aromatic rings. The Balaban J connectivity index is 2.34. The number of carbonyl (C=O) groups excluding carboxylic acids is 2. The van der Waals surface area contributed by atoms with Crippen molar-refractivity contribution >= 4 is 11.9 Å². The number of esters is 1. The highest BCUT2D eigenvalue weighted by molar-refractivity contribution is 5.77. The van der Waals surface area contributed by atoms with Crippen molar-refractivity contribution in [1.29, 1.82) is 0 Å². The highest BCUT2D eigenvalue weighted by atomic mass is 16.5. The molecule has 1 unspecified atom stereocenters. The molecule has 0 bridgehead atoms. The summed E-state index contributed by atoms with van der Waals surface area (Å²) in [5.74, 6) is -0.0922. The molecule has 6 heteroatoms. The average molecular weight is 271 g/mol. The van der Waals surface area contributed by atoms with Crippen molar-refractivity contribution < 1.29 is 14.3 Å². The van der Waals surface area contributed by atoms with E-state index in [1.165, 1.54) is 7.11 Å². The van der Waals surface area contributed by atoms with E-state index in [-0.39, 0.29) is 17.9 Å². The second kappa shape index (κ2) is 8.12. The fourth-order valence-electron chi connectivity index (χ4n) is 2.38. The lowest BCUT2D eigenvalue weighted by molar-refractivity contribution is -0.146. The molecule has 19 heavy (non-hydrogen) atoms. The topological polar surface area (TPSA) is 75.9 Å². The molecular formula is C13H25N3O3. The van der Waals surface area contributed by atoms with E-state index in [9.17, 15) is 9.59 Å². The van der Waals surface area contributed by atoms with E-state index in [1.54, 1.807) is 11.9 Å². The number of carbonyl (C=O) groups is 2. The highest BCUT2D eigenvalue weighted by Gasteiger charge is 2.31. The zero-order valence-corrected chi connectivity index (χ0v) is 11.9. The number of nitrogens with two attached hydrogens (primary N) is 1. The summed E-state index contributed by atoms with van der Waals surface area (Å²) in [4.78, 5) is 27.2. The summed E-state index contributed by atoms with van der Waals surface area (Å²) in [7, 11) is 3.20. The lowest BCUT2D eigenvalue weighted by atomic mass is 10.2. The van der Waals surface area contributed by atoms with Crippen molar-refractivity contribution in [2.75, 3.05) is 40.3 Å². The van der Waals surface area contributed by atoms with Crippen LogP contribution >= 0.6 is 0 Å². The highest BCUT2D eigenvalue weighted by Crippen LogP contribution is 2.18. The molecular weight excluding hydrogens is 246 g/mol. The lowest BCUT2D eigenvalue weighted by Crippen LogP contribution is -2.39. The van der Waals surface area contributed by atoms with Crippen LogP contribution in [0.3, 0.4) is 0 Å². The van der Waals surface area contributed by atoms with E-state index in [2.05, 4.69) is 0 Å². The van der Waals surface area contributed by atoms with Gasteiger partial charge in [-0.15, -0.1) is 0 Å². The molecule has 0 aliphatic carbocycles. The first-order chi connectivity index (χ1) is 9.10. The predicted molar refractivity (Wildman–Crippen MR) is 72.5 cm³/mol. The van der Waals surface area contributed by atoms with Crippen LogP contribution in [-0.4, -0.2) is 68.1 Å². The smallest absolute Gasteiger partial charge is 0.323 e. The van der Waals surface area contributed by atoms with Crippen molar-refractivity contribution in [3.05, 3.63) is 0 Å². The number of ether oxygens (including phenoxy) is 1. The molecule has 0 saturated carbocycles. The van der Waals surface area contributed by atoms with Crippen molar-refractivity contribution in [3.63, 3.8) is 0 Å². The van der Waals surface area contributed by atoms with Crippen LogP contribution in [0.4, 0.5) is 0 Å². The van der Waals surface area contributed by atoms with Gasteiger partial charge in [-0.1, -0.05) is 0 Å². The van der Waals surface area contributed by atoms with Crippen LogP contribution < -0.4 is 5.73 Å². The molecule has 0 spiro atoms. The van der Waals surface area contributed by atoms with E-state index >= 15 is 0 Å². The number of hydrogen-bond donors (Lipinski definition) is 1. The van der Waals surface area contributed by atoms with Crippen LogP contribution in [0.1, 0.15) is 25.7 Å². The Morgan fingerprint density at radius 2 is 2.21 bits per heavy atom. The van der Waals surface area contributed by atoms with E-state index < -0.39 is 0 Å². The van der Waals surface area contributed by atoms with Gasteiger partial charge in [0.25, 0.3) is 0 Å². The third-order valence-corrected chi connectivity index (χ3v) is 3.57. The van der Waals surface area contributed by atoms with Gasteiger partial charge in [-0.2, -0.15) is 0 Å². The third kappa shape index (κ3) is 4.80. The van der Waals surface area contributed by atoms with Crippen molar-refractivity contribution in [2.45, 2.75) is 31.7 Å². The molecule has 0 radical (unpaired) electrons. The van der Waals surface area contributed by atoms with Crippen LogP contribution in [0.5, 0.6) is 0 Å². The van der Waals surface area contributed by atoms with Crippen molar-refractivity contribution in [1.82, 2.24) is 9.80 Å². The van der Waals surface area contributed by atoms with Crippen LogP contribution in [0.2, 0.25) is 0 Å². The summed E-state index contributed by atoms with van der Waals surface area (Å²) in [5, 5.41) is 0. The fraction of sp³-hybridized carbons (Fsp3) is 0.846. The molecule has 1 heterocycles. The van der Waals surface area contributed by atoms with Gasteiger partial charge >= 0.3 is 5.97 Å². The Kier molecular flexibility index (Phi) is 6.80. The maximum Gasteiger partial charge on any atom is 0.323 e. The largest absolute Gasteiger partial charge is 0.468 e. The molecule has 0 aromatic heterocycles. The monoisotopic (exact) mass is 271 g/mol. The Morgan fingerprint density at radius 1 is 1.47 bits per heavy atom. The van der Waals surface area contributed by atoms with Crippen LogP contribution in [0.25, 0.3) is 0 Å². The van der Waals surface area contributed by atoms with Gasteiger partial charge in [0.1, 0.15) is 6.04 Å². The number of likely N-dealkylation sites (tertiary alicyclic amines) is 1. The molecule has 6 nitrogen and oxygen atoms in total. The molecule has 1 atom stereocenters. The normalized spacial score (nSPS) is 19.4. The number of rotatable bonds is 7. The Bertz CT molecular complexity index is 310. The molecule has 1 amide bonds. The van der Waals surface area contributed by atoms with Gasteiger partial charge in [-0.3, -0.25) is 14.5 Å². The number of amides is 1. The van der Waals surface area contributed by atoms with Crippen LogP contribution in [0, 0.1) is 0 Å². The molecule has 110 valence electrons. The minimum Gasteiger partial charge on any atom is -0.468 e. The minimum atomic E-state index is -0.193. The van der Waals surface area contributed by atoms with Gasteiger partial charge in [0.15, 0.2) is 0 Å². The summed E-state index contributed by atoms with van der Waals surface area (Å²) < 4.78 is 4.78. The molecule has 1 rings (SSSR count). The molecule has 2 N–H and O–H groups in total. The molecule has 0 aromatic carbocycles. The summed E-state index contributed by atoms with van der Waals surface area (Å²) in [6.45, 7) is 2.76. The van der Waals surface area contributed by atoms with Crippen LogP contribution in [0.15, 0.2) is 0 Å². The lowest BCUT2D eigenvalue weighted by Gasteiger charge is -2.23. The van der Waals surface area contributed by atoms with Crippen LogP contribution in [-0.2, 0) is 14.3 Å². The second-order valence-electron chi connectivity index (χ2n) is 4.92. The van der Waals surface area contributed by atoms with E-state index in [0.717, 1.165) is 25.8 Å². The Morgan fingerprint density at radius 3 is 2.84 bits per heavy atom. The molecule has 1 aliphatic rings. The summed E-state index contributed by atoms with van der Waals surface area (Å²) in [6, 6.07) is -0.174. The summed E-state index contributed by atoms with van der Waals surface area (Å²) in [6.07, 6.45) is 3.06. The number of methoxy groups -OCH3 is 1. The van der Waals surface area contributed by atoms with Gasteiger partial charge in [-0.25, -0.2) is 0 Å². The standard InChI is InChI=1S/C13H25N3O3/c1-15(8-4-7-14)12(17)6-10-16-9-3-5-11(16)13(18)19-2/h11H,3-10,14H2,1-2H3. The van der Waals surface area contributed by atoms with Crippen molar-refractivity contribution in [2.24, 2.45) is 5.73 Å². The van der Waals surface area contributed by atoms with Gasteiger partial charge in [0.05, 0.1) is 7.11 Å². The van der Waals surface area contributed by atoms with Gasteiger partial charge < -0.3 is 15.4 Å². The first kappa shape index (κ1) is 15.9. The second-order valence-corrected chi connectivity index (χ2v) is 4.92. The average Bonchev–Trinajstić information content (AvgIpc) is 2.89. The Hall–Kier alpha value is -1.14. The zero-order valence-electron chi connectivity index (χ0n) is 11.9. The fourth-order valence-corrected chi connectivity index (χ4v) is 2.38. The van der Waals surface area contributed by atoms with Gasteiger partial charge in [-0.05, 0) is 32.4 Å². The molecule has 1 fully saturated rings. The van der Waals surface area contributed by atoms with Crippen molar-refractivity contribution in [3.8, 4) is 0 Å². The van der Waals surface area contributed by atoms with E-state index in [4.69, 9.17) is 10.5 Å². The minimum absolute atomic E-state index is 0.101. The molecule has 1 saturated heterocycles.